The molecule has 10 heteroatoms. The second kappa shape index (κ2) is 12.9. The molecule has 0 bridgehead atoms. The Bertz CT molecular complexity index is 1390. The van der Waals surface area contributed by atoms with E-state index in [9.17, 15) is 22.4 Å². The predicted octanol–water partition coefficient (Wildman–Crippen LogP) is 4.93. The summed E-state index contributed by atoms with van der Waals surface area (Å²) in [7, 11) is -4.20. The molecule has 3 aromatic carbocycles. The van der Waals surface area contributed by atoms with Crippen molar-refractivity contribution in [3.05, 3.63) is 94.8 Å². The number of hydrogen-bond donors (Lipinski definition) is 1. The van der Waals surface area contributed by atoms with Gasteiger partial charge in [0, 0.05) is 23.7 Å². The van der Waals surface area contributed by atoms with Gasteiger partial charge in [-0.3, -0.25) is 13.9 Å². The highest BCUT2D eigenvalue weighted by molar-refractivity contribution is 7.92. The smallest absolute Gasteiger partial charge is 0.264 e. The minimum atomic E-state index is -4.20. The number of benzene rings is 3. The number of anilines is 1. The van der Waals surface area contributed by atoms with Gasteiger partial charge >= 0.3 is 0 Å². The fourth-order valence-corrected chi connectivity index (χ4v) is 5.38. The molecule has 0 aliphatic rings. The maximum absolute atomic E-state index is 14.5. The highest BCUT2D eigenvalue weighted by Gasteiger charge is 2.33. The van der Waals surface area contributed by atoms with Crippen molar-refractivity contribution in [1.82, 2.24) is 10.2 Å². The normalized spacial score (nSPS) is 12.0. The van der Waals surface area contributed by atoms with Gasteiger partial charge in [0.25, 0.3) is 10.0 Å². The number of nitrogens with zero attached hydrogens (tertiary/aromatic N) is 2. The zero-order chi connectivity index (χ0) is 27.9. The topological polar surface area (TPSA) is 86.8 Å². The quantitative estimate of drug-likeness (QED) is 0.361. The van der Waals surface area contributed by atoms with Crippen molar-refractivity contribution < 1.29 is 22.4 Å². The number of carbonyl (C=O) groups is 2. The van der Waals surface area contributed by atoms with Gasteiger partial charge in [-0.15, -0.1) is 0 Å². The summed E-state index contributed by atoms with van der Waals surface area (Å²) in [5, 5.41) is 3.08. The number of carbonyl (C=O) groups excluding carboxylic acids is 2. The molecule has 0 spiro atoms. The molecule has 0 radical (unpaired) electrons. The van der Waals surface area contributed by atoms with Gasteiger partial charge in [-0.25, -0.2) is 12.8 Å². The Morgan fingerprint density at radius 2 is 1.68 bits per heavy atom. The summed E-state index contributed by atoms with van der Waals surface area (Å²) in [5.74, 6) is -1.64. The first-order valence-corrected chi connectivity index (χ1v) is 14.0. The fraction of sp³-hybridized carbons (Fsp3) is 0.286. The molecule has 2 amide bonds. The van der Waals surface area contributed by atoms with Crippen molar-refractivity contribution in [1.29, 1.82) is 0 Å². The maximum Gasteiger partial charge on any atom is 0.264 e. The second-order valence-electron chi connectivity index (χ2n) is 8.84. The highest BCUT2D eigenvalue weighted by Crippen LogP contribution is 2.28. The summed E-state index contributed by atoms with van der Waals surface area (Å²) in [4.78, 5) is 27.8. The zero-order valence-corrected chi connectivity index (χ0v) is 23.1. The second-order valence-corrected chi connectivity index (χ2v) is 11.1. The van der Waals surface area contributed by atoms with E-state index < -0.39 is 40.2 Å². The first kappa shape index (κ1) is 29.1. The Labute approximate surface area is 228 Å². The molecule has 0 fully saturated rings. The predicted molar refractivity (Wildman–Crippen MR) is 147 cm³/mol. The van der Waals surface area contributed by atoms with Gasteiger partial charge in [-0.05, 0) is 56.2 Å². The lowest BCUT2D eigenvalue weighted by molar-refractivity contribution is -0.139. The lowest BCUT2D eigenvalue weighted by Gasteiger charge is -2.32. The van der Waals surface area contributed by atoms with Crippen LogP contribution in [0.5, 0.6) is 0 Å². The third kappa shape index (κ3) is 6.90. The van der Waals surface area contributed by atoms with Crippen LogP contribution in [-0.2, 0) is 26.2 Å². The van der Waals surface area contributed by atoms with Crippen molar-refractivity contribution in [2.45, 2.75) is 44.7 Å². The van der Waals surface area contributed by atoms with Crippen LogP contribution in [0.4, 0.5) is 10.1 Å². The van der Waals surface area contributed by atoms with Crippen molar-refractivity contribution in [2.75, 3.05) is 17.4 Å². The van der Waals surface area contributed by atoms with E-state index >= 15 is 0 Å². The maximum atomic E-state index is 14.5. The van der Waals surface area contributed by atoms with Crippen LogP contribution >= 0.6 is 11.6 Å². The number of nitrogens with one attached hydrogen (secondary N) is 1. The van der Waals surface area contributed by atoms with Crippen molar-refractivity contribution in [3.63, 3.8) is 0 Å². The molecule has 202 valence electrons. The first-order valence-electron chi connectivity index (χ1n) is 12.2. The van der Waals surface area contributed by atoms with Crippen molar-refractivity contribution in [2.24, 2.45) is 0 Å². The summed E-state index contributed by atoms with van der Waals surface area (Å²) >= 11 is 6.31. The zero-order valence-electron chi connectivity index (χ0n) is 21.5. The molecule has 0 aromatic heterocycles. The van der Waals surface area contributed by atoms with E-state index in [1.54, 1.807) is 43.3 Å². The van der Waals surface area contributed by atoms with Gasteiger partial charge in [0.2, 0.25) is 11.8 Å². The molecule has 3 rings (SSSR count). The van der Waals surface area contributed by atoms with Crippen LogP contribution in [0, 0.1) is 12.7 Å². The first-order chi connectivity index (χ1) is 18.1. The number of amides is 2. The molecule has 0 heterocycles. The Morgan fingerprint density at radius 3 is 2.32 bits per heavy atom. The van der Waals surface area contributed by atoms with Gasteiger partial charge in [-0.2, -0.15) is 0 Å². The number of aryl methyl sites for hydroxylation is 1. The molecule has 0 saturated carbocycles. The minimum absolute atomic E-state index is 0.0149. The highest BCUT2D eigenvalue weighted by atomic mass is 35.5. The minimum Gasteiger partial charge on any atom is -0.354 e. The largest absolute Gasteiger partial charge is 0.354 e. The number of hydrogen-bond acceptors (Lipinski definition) is 4. The fourth-order valence-electron chi connectivity index (χ4n) is 3.77. The average molecular weight is 560 g/mol. The van der Waals surface area contributed by atoms with E-state index in [-0.39, 0.29) is 22.7 Å². The molecule has 0 unspecified atom stereocenters. The van der Waals surface area contributed by atoms with Crippen molar-refractivity contribution >= 4 is 39.1 Å². The Morgan fingerprint density at radius 1 is 1.03 bits per heavy atom. The Hall–Kier alpha value is -3.43. The number of sulfonamides is 1. The van der Waals surface area contributed by atoms with Crippen LogP contribution in [0.3, 0.4) is 0 Å². The van der Waals surface area contributed by atoms with E-state index in [0.29, 0.717) is 18.0 Å². The molecule has 1 N–H and O–H groups in total. The molecule has 0 aliphatic carbocycles. The monoisotopic (exact) mass is 559 g/mol. The molecule has 1 atom stereocenters. The van der Waals surface area contributed by atoms with Crippen LogP contribution in [-0.4, -0.2) is 44.3 Å². The summed E-state index contributed by atoms with van der Waals surface area (Å²) in [6, 6.07) is 17.4. The van der Waals surface area contributed by atoms with E-state index in [1.807, 2.05) is 6.92 Å². The van der Waals surface area contributed by atoms with Crippen LogP contribution < -0.4 is 9.62 Å². The third-order valence-corrected chi connectivity index (χ3v) is 8.26. The molecule has 3 aromatic rings. The van der Waals surface area contributed by atoms with Crippen LogP contribution in [0.2, 0.25) is 5.02 Å². The lowest BCUT2D eigenvalue weighted by atomic mass is 10.1. The SMILES string of the molecule is CCCNC(=O)[C@H](C)N(Cc1ccccc1F)C(=O)CN(c1ccc(C)c(Cl)c1)S(=O)(=O)c1ccccc1. The summed E-state index contributed by atoms with van der Waals surface area (Å²) in [6.07, 6.45) is 0.691. The Kier molecular flexibility index (Phi) is 9.88. The van der Waals surface area contributed by atoms with Crippen LogP contribution in [0.15, 0.2) is 77.7 Å². The van der Waals surface area contributed by atoms with Gasteiger partial charge in [0.15, 0.2) is 0 Å². The molecular weight excluding hydrogens is 529 g/mol. The third-order valence-electron chi connectivity index (χ3n) is 6.07. The van der Waals surface area contributed by atoms with Gasteiger partial charge in [0.1, 0.15) is 18.4 Å². The van der Waals surface area contributed by atoms with Gasteiger partial charge < -0.3 is 10.2 Å². The van der Waals surface area contributed by atoms with E-state index in [4.69, 9.17) is 11.6 Å². The van der Waals surface area contributed by atoms with Crippen LogP contribution in [0.25, 0.3) is 0 Å². The molecule has 0 saturated heterocycles. The summed E-state index contributed by atoms with van der Waals surface area (Å²) in [5.41, 5.74) is 1.12. The molecule has 0 aliphatic heterocycles. The Balaban J connectivity index is 2.04. The lowest BCUT2D eigenvalue weighted by Crippen LogP contribution is -2.51. The van der Waals surface area contributed by atoms with E-state index in [2.05, 4.69) is 5.32 Å². The van der Waals surface area contributed by atoms with Gasteiger partial charge in [0.05, 0.1) is 10.6 Å². The molecular formula is C28H31ClFN3O4S. The summed E-state index contributed by atoms with van der Waals surface area (Å²) < 4.78 is 42.9. The number of halogens is 2. The van der Waals surface area contributed by atoms with E-state index in [1.165, 1.54) is 48.2 Å². The number of rotatable bonds is 11. The molecule has 7 nitrogen and oxygen atoms in total. The van der Waals surface area contributed by atoms with Gasteiger partial charge in [-0.1, -0.05) is 61.0 Å². The van der Waals surface area contributed by atoms with Crippen LogP contribution in [0.1, 0.15) is 31.4 Å². The van der Waals surface area contributed by atoms with Crippen molar-refractivity contribution in [3.8, 4) is 0 Å². The molecule has 38 heavy (non-hydrogen) atoms. The standard InChI is InChI=1S/C28H31ClFN3O4S/c1-4-16-31-28(35)21(3)32(18-22-10-8-9-13-26(22)30)27(34)19-33(23-15-14-20(2)25(29)17-23)38(36,37)24-11-6-5-7-12-24/h5-15,17,21H,4,16,18-19H2,1-3H3,(H,31,35)/t21-/m0/s1. The summed E-state index contributed by atoms with van der Waals surface area (Å²) in [6.45, 7) is 4.76. The average Bonchev–Trinajstić information content (AvgIpc) is 2.91. The van der Waals surface area contributed by atoms with E-state index in [0.717, 1.165) is 9.87 Å².